The van der Waals surface area contributed by atoms with E-state index < -0.39 is 0 Å². The first-order chi connectivity index (χ1) is 9.04. The molecule has 0 bridgehead atoms. The van der Waals surface area contributed by atoms with Crippen molar-refractivity contribution in [3.05, 3.63) is 35.5 Å². The van der Waals surface area contributed by atoms with Crippen molar-refractivity contribution in [2.24, 2.45) is 5.41 Å². The Balaban J connectivity index is 1.91. The van der Waals surface area contributed by atoms with Crippen LogP contribution in [0.15, 0.2) is 24.3 Å². The van der Waals surface area contributed by atoms with Crippen molar-refractivity contribution < 1.29 is 0 Å². The third kappa shape index (κ3) is 2.55. The van der Waals surface area contributed by atoms with E-state index in [9.17, 15) is 0 Å². The van der Waals surface area contributed by atoms with Gasteiger partial charge in [0.1, 0.15) is 0 Å². The molecular weight excluding hydrogens is 232 g/mol. The molecule has 102 valence electrons. The molecule has 1 aromatic heterocycles. The molecule has 2 nitrogen and oxygen atoms in total. The van der Waals surface area contributed by atoms with Crippen molar-refractivity contribution in [1.82, 2.24) is 10.3 Å². The molecule has 0 fully saturated rings. The largest absolute Gasteiger partial charge is 0.357 e. The van der Waals surface area contributed by atoms with Crippen LogP contribution in [0.25, 0.3) is 10.9 Å². The number of aryl methyl sites for hydroxylation is 1. The minimum atomic E-state index is 0.337. The lowest BCUT2D eigenvalue weighted by atomic mass is 9.90. The highest BCUT2D eigenvalue weighted by Gasteiger charge is 2.24. The second-order valence-corrected chi connectivity index (χ2v) is 6.95. The Kier molecular flexibility index (Phi) is 3.14. The van der Waals surface area contributed by atoms with Crippen molar-refractivity contribution in [3.63, 3.8) is 0 Å². The van der Waals surface area contributed by atoms with Crippen LogP contribution in [0.1, 0.15) is 50.9 Å². The van der Waals surface area contributed by atoms with Crippen LogP contribution >= 0.6 is 0 Å². The number of rotatable bonds is 2. The van der Waals surface area contributed by atoms with Gasteiger partial charge in [0.05, 0.1) is 0 Å². The molecule has 1 aromatic carbocycles. The Morgan fingerprint density at radius 2 is 2.05 bits per heavy atom. The lowest BCUT2D eigenvalue weighted by molar-refractivity contribution is 0.335. The molecule has 1 atom stereocenters. The van der Waals surface area contributed by atoms with Gasteiger partial charge in [-0.3, -0.25) is 0 Å². The fourth-order valence-corrected chi connectivity index (χ4v) is 3.05. The van der Waals surface area contributed by atoms with Crippen molar-refractivity contribution in [2.45, 2.75) is 46.1 Å². The molecule has 0 radical (unpaired) electrons. The molecule has 2 N–H and O–H groups in total. The summed E-state index contributed by atoms with van der Waals surface area (Å²) in [7, 11) is 0. The molecule has 1 unspecified atom stereocenters. The van der Waals surface area contributed by atoms with Crippen molar-refractivity contribution in [1.29, 1.82) is 0 Å². The Bertz CT molecular complexity index is 574. The fraction of sp³-hybridized carbons (Fsp3) is 0.529. The topological polar surface area (TPSA) is 27.8 Å². The van der Waals surface area contributed by atoms with Crippen LogP contribution in [0.5, 0.6) is 0 Å². The summed E-state index contributed by atoms with van der Waals surface area (Å²) < 4.78 is 0. The van der Waals surface area contributed by atoms with Gasteiger partial charge in [-0.25, -0.2) is 0 Å². The molecular formula is C17H24N2. The molecule has 1 heterocycles. The molecule has 2 heteroatoms. The van der Waals surface area contributed by atoms with Gasteiger partial charge in [-0.05, 0) is 36.3 Å². The van der Waals surface area contributed by atoms with Crippen LogP contribution in [-0.2, 0) is 6.42 Å². The zero-order valence-electron chi connectivity index (χ0n) is 12.2. The van der Waals surface area contributed by atoms with Crippen LogP contribution in [0.3, 0.4) is 0 Å². The van der Waals surface area contributed by atoms with Gasteiger partial charge in [0, 0.05) is 29.2 Å². The minimum Gasteiger partial charge on any atom is -0.357 e. The number of benzene rings is 1. The van der Waals surface area contributed by atoms with E-state index in [1.807, 2.05) is 0 Å². The molecule has 2 aromatic rings. The second-order valence-electron chi connectivity index (χ2n) is 6.95. The van der Waals surface area contributed by atoms with Gasteiger partial charge in [-0.2, -0.15) is 0 Å². The van der Waals surface area contributed by atoms with E-state index in [-0.39, 0.29) is 0 Å². The summed E-state index contributed by atoms with van der Waals surface area (Å²) in [6, 6.07) is 9.19. The number of para-hydroxylation sites is 1. The Morgan fingerprint density at radius 1 is 1.26 bits per heavy atom. The maximum Gasteiger partial charge on any atom is 0.0476 e. The first-order valence-corrected chi connectivity index (χ1v) is 7.37. The Hall–Kier alpha value is -1.28. The number of H-pyrrole nitrogens is 1. The van der Waals surface area contributed by atoms with Crippen LogP contribution in [-0.4, -0.2) is 11.5 Å². The Morgan fingerprint density at radius 3 is 2.84 bits per heavy atom. The molecule has 0 saturated heterocycles. The Labute approximate surface area is 115 Å². The minimum absolute atomic E-state index is 0.337. The quantitative estimate of drug-likeness (QED) is 0.829. The normalized spacial score (nSPS) is 19.6. The molecule has 0 aliphatic heterocycles. The number of hydrogen-bond donors (Lipinski definition) is 2. The van der Waals surface area contributed by atoms with Crippen LogP contribution < -0.4 is 5.32 Å². The van der Waals surface area contributed by atoms with Crippen LogP contribution in [0.4, 0.5) is 0 Å². The van der Waals surface area contributed by atoms with Crippen LogP contribution in [0.2, 0.25) is 0 Å². The van der Waals surface area contributed by atoms with E-state index in [0.29, 0.717) is 11.5 Å². The highest BCUT2D eigenvalue weighted by Crippen LogP contribution is 2.34. The number of aromatic nitrogens is 1. The van der Waals surface area contributed by atoms with E-state index in [1.165, 1.54) is 41.4 Å². The first-order valence-electron chi connectivity index (χ1n) is 7.37. The van der Waals surface area contributed by atoms with Gasteiger partial charge in [0.15, 0.2) is 0 Å². The van der Waals surface area contributed by atoms with Crippen molar-refractivity contribution >= 4 is 10.9 Å². The SMILES string of the molecule is CC(C)(C)CNC1CCCc2c1[nH]c1ccccc21. The van der Waals surface area contributed by atoms with E-state index in [4.69, 9.17) is 0 Å². The van der Waals surface area contributed by atoms with Gasteiger partial charge in [-0.1, -0.05) is 39.0 Å². The maximum atomic E-state index is 3.75. The number of hydrogen-bond acceptors (Lipinski definition) is 1. The fourth-order valence-electron chi connectivity index (χ4n) is 3.05. The van der Waals surface area contributed by atoms with E-state index in [0.717, 1.165) is 6.54 Å². The van der Waals surface area contributed by atoms with Gasteiger partial charge in [-0.15, -0.1) is 0 Å². The molecule has 1 aliphatic rings. The predicted octanol–water partition coefficient (Wildman–Crippen LogP) is 4.18. The lowest BCUT2D eigenvalue weighted by Gasteiger charge is -2.28. The monoisotopic (exact) mass is 256 g/mol. The van der Waals surface area contributed by atoms with E-state index in [1.54, 1.807) is 0 Å². The zero-order valence-corrected chi connectivity index (χ0v) is 12.2. The summed E-state index contributed by atoms with van der Waals surface area (Å²) in [5.74, 6) is 0. The molecule has 0 saturated carbocycles. The summed E-state index contributed by atoms with van der Waals surface area (Å²) in [5, 5.41) is 5.16. The standard InChI is InChI=1S/C17H24N2/c1-17(2,3)11-18-15-10-6-8-13-12-7-4-5-9-14(12)19-16(13)15/h4-5,7,9,15,18-19H,6,8,10-11H2,1-3H3. The summed E-state index contributed by atoms with van der Waals surface area (Å²) in [5.41, 5.74) is 4.59. The van der Waals surface area contributed by atoms with Gasteiger partial charge >= 0.3 is 0 Å². The van der Waals surface area contributed by atoms with Gasteiger partial charge in [0.25, 0.3) is 0 Å². The smallest absolute Gasteiger partial charge is 0.0476 e. The number of nitrogens with one attached hydrogen (secondary N) is 2. The molecule has 0 spiro atoms. The summed E-state index contributed by atoms with van der Waals surface area (Å²) in [6.45, 7) is 7.92. The summed E-state index contributed by atoms with van der Waals surface area (Å²) in [4.78, 5) is 3.64. The number of fused-ring (bicyclic) bond motifs is 3. The van der Waals surface area contributed by atoms with Crippen LogP contribution in [0, 0.1) is 5.41 Å². The van der Waals surface area contributed by atoms with E-state index >= 15 is 0 Å². The van der Waals surface area contributed by atoms with Gasteiger partial charge in [0.2, 0.25) is 0 Å². The summed E-state index contributed by atoms with van der Waals surface area (Å²) in [6.07, 6.45) is 3.75. The first kappa shape index (κ1) is 12.7. The highest BCUT2D eigenvalue weighted by molar-refractivity contribution is 5.85. The van der Waals surface area contributed by atoms with E-state index in [2.05, 4.69) is 55.3 Å². The predicted molar refractivity (Wildman–Crippen MR) is 81.4 cm³/mol. The average molecular weight is 256 g/mol. The third-order valence-corrected chi connectivity index (χ3v) is 3.99. The molecule has 0 amide bonds. The number of aromatic amines is 1. The van der Waals surface area contributed by atoms with Crippen molar-refractivity contribution in [2.75, 3.05) is 6.54 Å². The lowest BCUT2D eigenvalue weighted by Crippen LogP contribution is -2.32. The molecule has 19 heavy (non-hydrogen) atoms. The maximum absolute atomic E-state index is 3.75. The highest BCUT2D eigenvalue weighted by atomic mass is 15.0. The summed E-state index contributed by atoms with van der Waals surface area (Å²) >= 11 is 0. The van der Waals surface area contributed by atoms with Gasteiger partial charge < -0.3 is 10.3 Å². The van der Waals surface area contributed by atoms with Crippen molar-refractivity contribution in [3.8, 4) is 0 Å². The molecule has 3 rings (SSSR count). The average Bonchev–Trinajstić information content (AvgIpc) is 2.74. The second kappa shape index (κ2) is 4.68. The third-order valence-electron chi connectivity index (χ3n) is 3.99. The molecule has 1 aliphatic carbocycles. The zero-order chi connectivity index (χ0) is 13.5.